The van der Waals surface area contributed by atoms with Gasteiger partial charge in [-0.25, -0.2) is 13.6 Å². The van der Waals surface area contributed by atoms with Crippen molar-refractivity contribution in [1.82, 2.24) is 0 Å². The van der Waals surface area contributed by atoms with Crippen LogP contribution >= 0.6 is 0 Å². The number of carbonyl (C=O) groups is 1. The number of rotatable bonds is 8. The van der Waals surface area contributed by atoms with E-state index in [-0.39, 0.29) is 18.6 Å². The van der Waals surface area contributed by atoms with Crippen LogP contribution in [0.2, 0.25) is 0 Å². The van der Waals surface area contributed by atoms with E-state index in [0.717, 1.165) is 17.7 Å². The Bertz CT molecular complexity index is 924. The highest BCUT2D eigenvalue weighted by atomic mass is 19.1. The number of aliphatic carboxylic acids is 1. The molecule has 0 bridgehead atoms. The summed E-state index contributed by atoms with van der Waals surface area (Å²) < 4.78 is 37.2. The van der Waals surface area contributed by atoms with Crippen molar-refractivity contribution in [3.63, 3.8) is 0 Å². The van der Waals surface area contributed by atoms with Gasteiger partial charge in [-0.3, -0.25) is 0 Å². The Morgan fingerprint density at radius 2 is 1.93 bits per heavy atom. The smallest absolute Gasteiger partial charge is 0.333 e. The monoisotopic (exact) mass is 400 g/mol. The zero-order valence-electron chi connectivity index (χ0n) is 16.2. The predicted octanol–water partition coefficient (Wildman–Crippen LogP) is 4.37. The summed E-state index contributed by atoms with van der Waals surface area (Å²) in [7, 11) is 0. The minimum Gasteiger partial charge on any atom is -0.490 e. The summed E-state index contributed by atoms with van der Waals surface area (Å²) in [6, 6.07) is 10.3. The molecule has 6 heteroatoms. The van der Waals surface area contributed by atoms with E-state index >= 15 is 0 Å². The standard InChI is InChI=1S/C23H22F2O4/c1-3-28-22(23(26)27)14-17-5-10-20(11-6-17)29-13-12-16(2)4-7-18-8-9-19(24)15-21(18)25/h5-6,8-12,15,22H,3,13-14H2,1-2H3,(H,26,27)/b16-12+. The van der Waals surface area contributed by atoms with E-state index in [1.807, 2.05) is 0 Å². The van der Waals surface area contributed by atoms with E-state index in [1.165, 1.54) is 6.07 Å². The second-order valence-electron chi connectivity index (χ2n) is 6.20. The molecule has 0 aromatic heterocycles. The molecule has 0 saturated carbocycles. The number of hydrogen-bond acceptors (Lipinski definition) is 3. The van der Waals surface area contributed by atoms with Crippen LogP contribution in [0.3, 0.4) is 0 Å². The van der Waals surface area contributed by atoms with Gasteiger partial charge in [0.25, 0.3) is 0 Å². The summed E-state index contributed by atoms with van der Waals surface area (Å²) in [4.78, 5) is 11.1. The van der Waals surface area contributed by atoms with Gasteiger partial charge in [0.05, 0.1) is 5.56 Å². The molecule has 0 saturated heterocycles. The molecular formula is C23H22F2O4. The molecule has 29 heavy (non-hydrogen) atoms. The first-order chi connectivity index (χ1) is 13.9. The highest BCUT2D eigenvalue weighted by Gasteiger charge is 2.17. The third kappa shape index (κ3) is 7.40. The summed E-state index contributed by atoms with van der Waals surface area (Å²) in [5.74, 6) is 3.75. The Morgan fingerprint density at radius 1 is 1.21 bits per heavy atom. The molecule has 2 aromatic rings. The van der Waals surface area contributed by atoms with Gasteiger partial charge >= 0.3 is 5.97 Å². The summed E-state index contributed by atoms with van der Waals surface area (Å²) in [6.45, 7) is 4.12. The quantitative estimate of drug-likeness (QED) is 0.669. The number of benzene rings is 2. The Balaban J connectivity index is 1.90. The molecule has 0 aliphatic rings. The largest absolute Gasteiger partial charge is 0.490 e. The fourth-order valence-corrected chi connectivity index (χ4v) is 2.43. The van der Waals surface area contributed by atoms with Gasteiger partial charge in [-0.1, -0.05) is 24.0 Å². The number of ether oxygens (including phenoxy) is 2. The van der Waals surface area contributed by atoms with Gasteiger partial charge in [-0.2, -0.15) is 0 Å². The van der Waals surface area contributed by atoms with Crippen LogP contribution in [0.1, 0.15) is 25.0 Å². The van der Waals surface area contributed by atoms with Gasteiger partial charge in [-0.15, -0.1) is 0 Å². The fraction of sp³-hybridized carbons (Fsp3) is 0.261. The number of halogens is 2. The lowest BCUT2D eigenvalue weighted by atomic mass is 10.1. The maximum Gasteiger partial charge on any atom is 0.333 e. The first kappa shape index (κ1) is 22.1. The molecule has 0 amide bonds. The average molecular weight is 400 g/mol. The summed E-state index contributed by atoms with van der Waals surface area (Å²) in [5, 5.41) is 9.13. The Hall–Kier alpha value is -3.17. The lowest BCUT2D eigenvalue weighted by Gasteiger charge is -2.12. The minimum absolute atomic E-state index is 0.127. The predicted molar refractivity (Wildman–Crippen MR) is 106 cm³/mol. The van der Waals surface area contributed by atoms with E-state index < -0.39 is 23.7 Å². The zero-order chi connectivity index (χ0) is 21.2. The highest BCUT2D eigenvalue weighted by Crippen LogP contribution is 2.15. The maximum absolute atomic E-state index is 13.5. The van der Waals surface area contributed by atoms with Crippen LogP contribution in [0.4, 0.5) is 8.78 Å². The lowest BCUT2D eigenvalue weighted by molar-refractivity contribution is -0.149. The van der Waals surface area contributed by atoms with Crippen LogP contribution in [-0.4, -0.2) is 30.4 Å². The fourth-order valence-electron chi connectivity index (χ4n) is 2.43. The second-order valence-corrected chi connectivity index (χ2v) is 6.20. The van der Waals surface area contributed by atoms with E-state index in [4.69, 9.17) is 14.6 Å². The van der Waals surface area contributed by atoms with Gasteiger partial charge < -0.3 is 14.6 Å². The zero-order valence-corrected chi connectivity index (χ0v) is 16.2. The van der Waals surface area contributed by atoms with Crippen LogP contribution in [-0.2, 0) is 16.0 Å². The Kier molecular flexibility index (Phi) is 8.38. The molecule has 4 nitrogen and oxygen atoms in total. The molecule has 2 rings (SSSR count). The van der Waals surface area contributed by atoms with Crippen molar-refractivity contribution in [2.75, 3.05) is 13.2 Å². The molecule has 0 aliphatic carbocycles. The highest BCUT2D eigenvalue weighted by molar-refractivity contribution is 5.72. The van der Waals surface area contributed by atoms with Crippen LogP contribution < -0.4 is 4.74 Å². The molecule has 0 spiro atoms. The van der Waals surface area contributed by atoms with Gasteiger partial charge in [0.15, 0.2) is 6.10 Å². The number of allylic oxidation sites excluding steroid dienone is 1. The van der Waals surface area contributed by atoms with Gasteiger partial charge in [0.1, 0.15) is 24.0 Å². The van der Waals surface area contributed by atoms with E-state index in [0.29, 0.717) is 17.9 Å². The van der Waals surface area contributed by atoms with Crippen LogP contribution in [0.25, 0.3) is 0 Å². The van der Waals surface area contributed by atoms with Crippen molar-refractivity contribution in [2.45, 2.75) is 26.4 Å². The summed E-state index contributed by atoms with van der Waals surface area (Å²) in [6.07, 6.45) is 1.15. The number of carboxylic acids is 1. The van der Waals surface area contributed by atoms with Gasteiger partial charge in [0.2, 0.25) is 0 Å². The molecule has 0 radical (unpaired) electrons. The number of hydrogen-bond donors (Lipinski definition) is 1. The van der Waals surface area contributed by atoms with Gasteiger partial charge in [-0.05, 0) is 55.3 Å². The topological polar surface area (TPSA) is 55.8 Å². The van der Waals surface area contributed by atoms with Crippen LogP contribution in [0.15, 0.2) is 54.1 Å². The first-order valence-electron chi connectivity index (χ1n) is 9.09. The van der Waals surface area contributed by atoms with Crippen molar-refractivity contribution in [2.24, 2.45) is 0 Å². The average Bonchev–Trinajstić information content (AvgIpc) is 2.68. The van der Waals surface area contributed by atoms with Crippen LogP contribution in [0.5, 0.6) is 5.75 Å². The Labute approximate surface area is 168 Å². The molecule has 152 valence electrons. The van der Waals surface area contributed by atoms with Crippen molar-refractivity contribution >= 4 is 5.97 Å². The molecule has 0 heterocycles. The SMILES string of the molecule is CCOC(Cc1ccc(OC/C=C(\C)C#Cc2ccc(F)cc2F)cc1)C(=O)O. The molecule has 1 unspecified atom stereocenters. The normalized spacial score (nSPS) is 12.1. The van der Waals surface area contributed by atoms with Crippen LogP contribution in [0, 0.1) is 23.5 Å². The van der Waals surface area contributed by atoms with Crippen molar-refractivity contribution in [1.29, 1.82) is 0 Å². The van der Waals surface area contributed by atoms with E-state index in [1.54, 1.807) is 44.2 Å². The van der Waals surface area contributed by atoms with Gasteiger partial charge in [0, 0.05) is 19.1 Å². The summed E-state index contributed by atoms with van der Waals surface area (Å²) in [5.41, 5.74) is 1.64. The first-order valence-corrected chi connectivity index (χ1v) is 9.09. The van der Waals surface area contributed by atoms with Crippen molar-refractivity contribution in [3.05, 3.63) is 76.9 Å². The lowest BCUT2D eigenvalue weighted by Crippen LogP contribution is -2.26. The number of carboxylic acid groups (broad SMARTS) is 1. The maximum atomic E-state index is 13.5. The molecular weight excluding hydrogens is 378 g/mol. The molecule has 1 atom stereocenters. The molecule has 2 aromatic carbocycles. The van der Waals surface area contributed by atoms with Crippen molar-refractivity contribution in [3.8, 4) is 17.6 Å². The van der Waals surface area contributed by atoms with E-state index in [2.05, 4.69) is 11.8 Å². The Morgan fingerprint density at radius 3 is 2.55 bits per heavy atom. The third-order valence-corrected chi connectivity index (χ3v) is 3.95. The molecule has 1 N–H and O–H groups in total. The molecule has 0 aliphatic heterocycles. The van der Waals surface area contributed by atoms with E-state index in [9.17, 15) is 13.6 Å². The second kappa shape index (κ2) is 11.0. The third-order valence-electron chi connectivity index (χ3n) is 3.95. The molecule has 0 fully saturated rings. The summed E-state index contributed by atoms with van der Waals surface area (Å²) >= 11 is 0. The minimum atomic E-state index is -0.991. The van der Waals surface area contributed by atoms with Crippen molar-refractivity contribution < 1.29 is 28.2 Å².